The highest BCUT2D eigenvalue weighted by molar-refractivity contribution is 7.69. The van der Waals surface area contributed by atoms with Crippen molar-refractivity contribution in [3.63, 3.8) is 0 Å². The van der Waals surface area contributed by atoms with Crippen LogP contribution in [0.15, 0.2) is 0 Å². The Hall–Kier alpha value is -0.420. The van der Waals surface area contributed by atoms with Gasteiger partial charge in [0.25, 0.3) is 0 Å². The number of nitrogens with zero attached hydrogens (tertiary/aromatic N) is 1. The first-order valence-corrected chi connectivity index (χ1v) is 4.10. The Morgan fingerprint density at radius 3 is 2.10 bits per heavy atom. The van der Waals surface area contributed by atoms with Crippen LogP contribution in [0.2, 0.25) is 0 Å². The van der Waals surface area contributed by atoms with E-state index in [1.807, 2.05) is 0 Å². The van der Waals surface area contributed by atoms with E-state index in [4.69, 9.17) is 0 Å². The van der Waals surface area contributed by atoms with Crippen LogP contribution in [0.3, 0.4) is 0 Å². The minimum absolute atomic E-state index is 0.663. The van der Waals surface area contributed by atoms with Gasteiger partial charge in [0.2, 0.25) is 10.9 Å². The summed E-state index contributed by atoms with van der Waals surface area (Å²) >= 11 is 0. The van der Waals surface area contributed by atoms with Gasteiger partial charge in [0.15, 0.2) is 0 Å². The zero-order valence-electron chi connectivity index (χ0n) is 5.61. The summed E-state index contributed by atoms with van der Waals surface area (Å²) in [6.45, 7) is 0. The molecule has 1 aliphatic rings. The molecule has 0 unspecified atom stereocenters. The van der Waals surface area contributed by atoms with Crippen LogP contribution >= 0.6 is 0 Å². The fourth-order valence-electron chi connectivity index (χ4n) is 0.808. The summed E-state index contributed by atoms with van der Waals surface area (Å²) in [5, 5.41) is 0. The third kappa shape index (κ3) is 1.06. The summed E-state index contributed by atoms with van der Waals surface area (Å²) < 4.78 is 21.8. The van der Waals surface area contributed by atoms with Gasteiger partial charge >= 0.3 is 0 Å². The molecule has 10 heavy (non-hydrogen) atoms. The fraction of sp³-hybridized carbons (Fsp3) is 0.800. The first kappa shape index (κ1) is 7.68. The molecule has 1 rings (SSSR count). The summed E-state index contributed by atoms with van der Waals surface area (Å²) in [7, 11) is -1.17. The highest BCUT2D eigenvalue weighted by atomic mass is 32.2. The second-order valence-electron chi connectivity index (χ2n) is 2.48. The van der Waals surface area contributed by atoms with Gasteiger partial charge in [-0.25, -0.2) is 8.42 Å². The van der Waals surface area contributed by atoms with Gasteiger partial charge in [-0.2, -0.15) is 4.31 Å². The van der Waals surface area contributed by atoms with Crippen molar-refractivity contribution >= 4 is 17.2 Å². The van der Waals surface area contributed by atoms with E-state index in [0.29, 0.717) is 19.1 Å². The molecule has 1 saturated carbocycles. The largest absolute Gasteiger partial charge is 0.301 e. The molecule has 0 aromatic heterocycles. The molecule has 1 fully saturated rings. The number of rotatable bonds is 3. The van der Waals surface area contributed by atoms with Crippen LogP contribution in [0.5, 0.6) is 0 Å². The first-order valence-electron chi connectivity index (χ1n) is 2.97. The third-order valence-electron chi connectivity index (χ3n) is 1.87. The summed E-state index contributed by atoms with van der Waals surface area (Å²) in [5.74, 6) is 0. The molecular formula is C5H9NO3S. The number of carbonyl (C=O) groups is 1. The van der Waals surface area contributed by atoms with E-state index in [2.05, 4.69) is 0 Å². The zero-order chi connectivity index (χ0) is 7.78. The second kappa shape index (κ2) is 2.32. The monoisotopic (exact) mass is 163 g/mol. The Morgan fingerprint density at radius 1 is 1.50 bits per heavy atom. The lowest BCUT2D eigenvalue weighted by Crippen LogP contribution is -2.33. The van der Waals surface area contributed by atoms with Crippen molar-refractivity contribution in [1.82, 2.24) is 4.31 Å². The molecule has 0 spiro atoms. The highest BCUT2D eigenvalue weighted by Gasteiger charge is 2.47. The molecule has 5 heteroatoms. The lowest BCUT2D eigenvalue weighted by molar-refractivity contribution is -0.111. The fourth-order valence-corrected chi connectivity index (χ4v) is 1.38. The van der Waals surface area contributed by atoms with Crippen molar-refractivity contribution < 1.29 is 13.2 Å². The predicted molar refractivity (Wildman–Crippen MR) is 36.1 cm³/mol. The highest BCUT2D eigenvalue weighted by Crippen LogP contribution is 2.38. The smallest absolute Gasteiger partial charge is 0.204 e. The molecule has 0 aromatic carbocycles. The van der Waals surface area contributed by atoms with Gasteiger partial charge in [-0.15, -0.1) is 0 Å². The predicted octanol–water partition coefficient (Wildman–Crippen LogP) is -0.824. The Morgan fingerprint density at radius 2 is 2.00 bits per heavy atom. The Bertz CT molecular complexity index is 211. The van der Waals surface area contributed by atoms with Gasteiger partial charge in [0.05, 0.1) is 5.54 Å². The van der Waals surface area contributed by atoms with Crippen LogP contribution in [0, 0.1) is 0 Å². The van der Waals surface area contributed by atoms with E-state index in [-0.39, 0.29) is 0 Å². The van der Waals surface area contributed by atoms with E-state index in [1.54, 1.807) is 0 Å². The minimum atomic E-state index is -2.59. The standard InChI is InChI=1S/C5H9NO3S/c1-6(10(8)9)5(4-7)2-3-5/h4,10H,2-3H2,1H3. The number of thiol groups is 1. The molecule has 4 nitrogen and oxygen atoms in total. The average Bonchev–Trinajstić information content (AvgIpc) is 2.66. The number of hydrogen-bond acceptors (Lipinski definition) is 3. The summed E-state index contributed by atoms with van der Waals surface area (Å²) in [4.78, 5) is 10.3. The van der Waals surface area contributed by atoms with E-state index >= 15 is 0 Å². The van der Waals surface area contributed by atoms with E-state index in [0.717, 1.165) is 4.31 Å². The van der Waals surface area contributed by atoms with Gasteiger partial charge in [-0.1, -0.05) is 0 Å². The number of likely N-dealkylation sites (N-methyl/N-ethyl adjacent to an activating group) is 1. The lowest BCUT2D eigenvalue weighted by Gasteiger charge is -2.13. The van der Waals surface area contributed by atoms with Gasteiger partial charge in [-0.05, 0) is 12.8 Å². The van der Waals surface area contributed by atoms with Crippen LogP contribution in [0.25, 0.3) is 0 Å². The van der Waals surface area contributed by atoms with E-state index < -0.39 is 16.4 Å². The number of hydrogen-bond donors (Lipinski definition) is 1. The summed E-state index contributed by atoms with van der Waals surface area (Å²) in [6, 6.07) is 0. The zero-order valence-corrected chi connectivity index (χ0v) is 6.51. The molecular weight excluding hydrogens is 154 g/mol. The van der Waals surface area contributed by atoms with Gasteiger partial charge < -0.3 is 4.79 Å². The second-order valence-corrected chi connectivity index (χ2v) is 3.56. The molecule has 0 N–H and O–H groups in total. The van der Waals surface area contributed by atoms with Crippen molar-refractivity contribution in [2.75, 3.05) is 7.05 Å². The van der Waals surface area contributed by atoms with Crippen molar-refractivity contribution in [3.8, 4) is 0 Å². The van der Waals surface area contributed by atoms with Crippen molar-refractivity contribution in [2.24, 2.45) is 0 Å². The van der Waals surface area contributed by atoms with E-state index in [9.17, 15) is 13.2 Å². The van der Waals surface area contributed by atoms with E-state index in [1.165, 1.54) is 7.05 Å². The Labute approximate surface area is 60.9 Å². The average molecular weight is 163 g/mol. The number of carbonyl (C=O) groups excluding carboxylic acids is 1. The molecule has 0 aliphatic heterocycles. The SMILES string of the molecule is CN([SH](=O)=O)C1(C=O)CC1. The Kier molecular flexibility index (Phi) is 1.78. The third-order valence-corrected chi connectivity index (χ3v) is 2.76. The molecule has 0 aromatic rings. The maximum absolute atomic E-state index is 10.3. The topological polar surface area (TPSA) is 54.5 Å². The molecule has 0 amide bonds. The summed E-state index contributed by atoms with van der Waals surface area (Å²) in [5.41, 5.74) is -0.671. The quantitative estimate of drug-likeness (QED) is 0.436. The van der Waals surface area contributed by atoms with Gasteiger partial charge in [0, 0.05) is 7.05 Å². The maximum atomic E-state index is 10.3. The molecule has 0 heterocycles. The first-order chi connectivity index (χ1) is 4.62. The molecule has 0 bridgehead atoms. The summed E-state index contributed by atoms with van der Waals surface area (Å²) in [6.07, 6.45) is 2.03. The van der Waals surface area contributed by atoms with Gasteiger partial charge in [0.1, 0.15) is 6.29 Å². The van der Waals surface area contributed by atoms with Crippen molar-refractivity contribution in [3.05, 3.63) is 0 Å². The molecule has 58 valence electrons. The minimum Gasteiger partial charge on any atom is -0.301 e. The van der Waals surface area contributed by atoms with Crippen LogP contribution < -0.4 is 0 Å². The van der Waals surface area contributed by atoms with Crippen LogP contribution in [0.1, 0.15) is 12.8 Å². The lowest BCUT2D eigenvalue weighted by atomic mass is 10.3. The Balaban J connectivity index is 2.73. The van der Waals surface area contributed by atoms with Crippen molar-refractivity contribution in [1.29, 1.82) is 0 Å². The molecule has 1 aliphatic carbocycles. The van der Waals surface area contributed by atoms with Gasteiger partial charge in [-0.3, -0.25) is 0 Å². The maximum Gasteiger partial charge on any atom is 0.204 e. The van der Waals surface area contributed by atoms with Crippen LogP contribution in [-0.2, 0) is 15.7 Å². The number of aldehydes is 1. The molecule has 0 atom stereocenters. The normalized spacial score (nSPS) is 21.5. The molecule has 0 saturated heterocycles. The van der Waals surface area contributed by atoms with Crippen molar-refractivity contribution in [2.45, 2.75) is 18.4 Å². The van der Waals surface area contributed by atoms with Crippen LogP contribution in [-0.4, -0.2) is 31.6 Å². The molecule has 0 radical (unpaired) electrons. The van der Waals surface area contributed by atoms with Crippen LogP contribution in [0.4, 0.5) is 0 Å².